The molecule has 0 aromatic heterocycles. The Kier molecular flexibility index (Phi) is 5.10. The van der Waals surface area contributed by atoms with Crippen molar-refractivity contribution in [3.8, 4) is 0 Å². The fourth-order valence-corrected chi connectivity index (χ4v) is 3.92. The molecule has 0 radical (unpaired) electrons. The van der Waals surface area contributed by atoms with Crippen molar-refractivity contribution in [2.24, 2.45) is 5.92 Å². The fourth-order valence-electron chi connectivity index (χ4n) is 2.33. The Bertz CT molecular complexity index is 659. The molecule has 1 aromatic rings. The van der Waals surface area contributed by atoms with Gasteiger partial charge in [-0.05, 0) is 37.3 Å². The normalized spacial score (nSPS) is 18.1. The van der Waals surface area contributed by atoms with Gasteiger partial charge in [-0.15, -0.1) is 0 Å². The van der Waals surface area contributed by atoms with Crippen LogP contribution in [0.4, 0.5) is 13.2 Å². The molecule has 8 heteroatoms. The van der Waals surface area contributed by atoms with Crippen LogP contribution in [0.15, 0.2) is 12.1 Å². The van der Waals surface area contributed by atoms with Crippen LogP contribution in [0.3, 0.4) is 0 Å². The van der Waals surface area contributed by atoms with Gasteiger partial charge in [0.15, 0.2) is 11.6 Å². The largest absolute Gasteiger partial charge is 0.462 e. The van der Waals surface area contributed by atoms with Crippen molar-refractivity contribution in [2.75, 3.05) is 18.1 Å². The van der Waals surface area contributed by atoms with Crippen molar-refractivity contribution in [1.29, 1.82) is 0 Å². The van der Waals surface area contributed by atoms with Gasteiger partial charge < -0.3 is 4.74 Å². The van der Waals surface area contributed by atoms with Crippen molar-refractivity contribution < 1.29 is 31.1 Å². The van der Waals surface area contributed by atoms with Crippen LogP contribution in [0.25, 0.3) is 0 Å². The summed E-state index contributed by atoms with van der Waals surface area (Å²) in [7, 11) is -2.96. The van der Waals surface area contributed by atoms with E-state index >= 15 is 0 Å². The Balaban J connectivity index is 1.88. The third kappa shape index (κ3) is 4.00. The summed E-state index contributed by atoms with van der Waals surface area (Å²) in [5, 5.41) is 0. The smallest absolute Gasteiger partial charge is 0.344 e. The number of sulfone groups is 1. The van der Waals surface area contributed by atoms with E-state index in [1.807, 2.05) is 0 Å². The van der Waals surface area contributed by atoms with Gasteiger partial charge in [0.2, 0.25) is 0 Å². The maximum Gasteiger partial charge on any atom is 0.344 e. The summed E-state index contributed by atoms with van der Waals surface area (Å²) in [5.41, 5.74) is -1.05. The van der Waals surface area contributed by atoms with Gasteiger partial charge in [0, 0.05) is 0 Å². The van der Waals surface area contributed by atoms with Gasteiger partial charge in [-0.1, -0.05) is 0 Å². The Morgan fingerprint density at radius 3 is 2.36 bits per heavy atom. The summed E-state index contributed by atoms with van der Waals surface area (Å²) in [6.07, 6.45) is 1.35. The van der Waals surface area contributed by atoms with Crippen molar-refractivity contribution in [1.82, 2.24) is 0 Å². The van der Waals surface area contributed by atoms with Gasteiger partial charge in [0.1, 0.15) is 21.2 Å². The summed E-state index contributed by atoms with van der Waals surface area (Å²) in [4.78, 5) is 11.6. The lowest BCUT2D eigenvalue weighted by molar-refractivity contribution is 0.0468. The van der Waals surface area contributed by atoms with Crippen molar-refractivity contribution >= 4 is 15.8 Å². The molecule has 122 valence electrons. The molecule has 0 aliphatic carbocycles. The summed E-state index contributed by atoms with van der Waals surface area (Å²) in [6.45, 7) is -0.0983. The third-order valence-electron chi connectivity index (χ3n) is 3.68. The van der Waals surface area contributed by atoms with E-state index in [0.717, 1.165) is 0 Å². The molecule has 0 bridgehead atoms. The molecule has 0 spiro atoms. The van der Waals surface area contributed by atoms with Gasteiger partial charge >= 0.3 is 5.97 Å². The van der Waals surface area contributed by atoms with Crippen LogP contribution in [0.5, 0.6) is 0 Å². The molecule has 0 amide bonds. The average Bonchev–Trinajstić information content (AvgIpc) is 2.45. The van der Waals surface area contributed by atoms with Crippen molar-refractivity contribution in [2.45, 2.75) is 19.3 Å². The predicted octanol–water partition coefficient (Wildman–Crippen LogP) is 2.48. The first-order valence-electron chi connectivity index (χ1n) is 6.81. The van der Waals surface area contributed by atoms with E-state index in [9.17, 15) is 26.4 Å². The Morgan fingerprint density at radius 2 is 1.73 bits per heavy atom. The van der Waals surface area contributed by atoms with Crippen molar-refractivity contribution in [3.05, 3.63) is 35.1 Å². The number of hydrogen-bond acceptors (Lipinski definition) is 4. The highest BCUT2D eigenvalue weighted by Gasteiger charge is 2.25. The lowest BCUT2D eigenvalue weighted by Crippen LogP contribution is -2.24. The van der Waals surface area contributed by atoms with Crippen LogP contribution >= 0.6 is 0 Å². The zero-order valence-electron chi connectivity index (χ0n) is 11.6. The average molecular weight is 336 g/mol. The highest BCUT2D eigenvalue weighted by Crippen LogP contribution is 2.22. The number of halogens is 3. The fraction of sp³-hybridized carbons (Fsp3) is 0.500. The lowest BCUT2D eigenvalue weighted by atomic mass is 9.99. The van der Waals surface area contributed by atoms with Crippen molar-refractivity contribution in [3.63, 3.8) is 0 Å². The topological polar surface area (TPSA) is 60.4 Å². The molecule has 0 N–H and O–H groups in total. The second kappa shape index (κ2) is 6.68. The minimum atomic E-state index is -2.96. The van der Waals surface area contributed by atoms with E-state index in [0.29, 0.717) is 31.4 Å². The SMILES string of the molecule is O=C(OCCC1CCS(=O)(=O)CC1)c1c(F)ccc(F)c1F. The minimum absolute atomic E-state index is 0.0820. The first-order chi connectivity index (χ1) is 10.3. The van der Waals surface area contributed by atoms with E-state index < -0.39 is 38.8 Å². The highest BCUT2D eigenvalue weighted by atomic mass is 32.2. The van der Waals surface area contributed by atoms with E-state index in [2.05, 4.69) is 0 Å². The summed E-state index contributed by atoms with van der Waals surface area (Å²) >= 11 is 0. The molecular formula is C14H15F3O4S. The van der Waals surface area contributed by atoms with Crippen LogP contribution in [0, 0.1) is 23.4 Å². The maximum atomic E-state index is 13.4. The molecule has 1 saturated heterocycles. The third-order valence-corrected chi connectivity index (χ3v) is 5.40. The van der Waals surface area contributed by atoms with Crippen LogP contribution < -0.4 is 0 Å². The molecular weight excluding hydrogens is 321 g/mol. The van der Waals surface area contributed by atoms with Crippen LogP contribution in [-0.4, -0.2) is 32.5 Å². The number of esters is 1. The van der Waals surface area contributed by atoms with Gasteiger partial charge in [-0.2, -0.15) is 0 Å². The molecule has 1 aliphatic heterocycles. The van der Waals surface area contributed by atoms with Gasteiger partial charge in [-0.25, -0.2) is 26.4 Å². The predicted molar refractivity (Wildman–Crippen MR) is 72.6 cm³/mol. The second-order valence-corrected chi connectivity index (χ2v) is 7.54. The molecule has 0 saturated carbocycles. The highest BCUT2D eigenvalue weighted by molar-refractivity contribution is 7.91. The van der Waals surface area contributed by atoms with Gasteiger partial charge in [-0.3, -0.25) is 0 Å². The number of carbonyl (C=O) groups excluding carboxylic acids is 1. The van der Waals surface area contributed by atoms with E-state index in [1.54, 1.807) is 0 Å². The monoisotopic (exact) mass is 336 g/mol. The number of rotatable bonds is 4. The first-order valence-corrected chi connectivity index (χ1v) is 8.63. The minimum Gasteiger partial charge on any atom is -0.462 e. The lowest BCUT2D eigenvalue weighted by Gasteiger charge is -2.21. The molecule has 1 aromatic carbocycles. The second-order valence-electron chi connectivity index (χ2n) is 5.24. The molecule has 1 heterocycles. The Morgan fingerprint density at radius 1 is 1.14 bits per heavy atom. The quantitative estimate of drug-likeness (QED) is 0.626. The molecule has 1 fully saturated rings. The van der Waals surface area contributed by atoms with E-state index in [1.165, 1.54) is 0 Å². The molecule has 22 heavy (non-hydrogen) atoms. The number of hydrogen-bond donors (Lipinski definition) is 0. The first kappa shape index (κ1) is 16.8. The van der Waals surface area contributed by atoms with Crippen LogP contribution in [0.1, 0.15) is 29.6 Å². The molecule has 0 atom stereocenters. The van der Waals surface area contributed by atoms with Crippen LogP contribution in [0.2, 0.25) is 0 Å². The maximum absolute atomic E-state index is 13.4. The van der Waals surface area contributed by atoms with Gasteiger partial charge in [0.05, 0.1) is 18.1 Å². The summed E-state index contributed by atoms with van der Waals surface area (Å²) in [6, 6.07) is 1.24. The van der Waals surface area contributed by atoms with E-state index in [-0.39, 0.29) is 24.0 Å². The Hall–Kier alpha value is -1.57. The molecule has 0 unspecified atom stereocenters. The number of ether oxygens (including phenoxy) is 1. The molecule has 1 aliphatic rings. The van der Waals surface area contributed by atoms with Crippen LogP contribution in [-0.2, 0) is 14.6 Å². The number of carbonyl (C=O) groups is 1. The Labute approximate surface area is 126 Å². The number of benzene rings is 1. The molecule has 2 rings (SSSR count). The standard InChI is InChI=1S/C14H15F3O4S/c15-10-1-2-11(16)13(17)12(10)14(18)21-6-3-9-4-7-22(19,20)8-5-9/h1-2,9H,3-8H2. The zero-order chi connectivity index (χ0) is 16.3. The summed E-state index contributed by atoms with van der Waals surface area (Å²) in [5.74, 6) is -5.08. The molecule has 4 nitrogen and oxygen atoms in total. The van der Waals surface area contributed by atoms with E-state index in [4.69, 9.17) is 4.74 Å². The zero-order valence-corrected chi connectivity index (χ0v) is 12.5. The summed E-state index contributed by atoms with van der Waals surface area (Å²) < 4.78 is 67.1. The van der Waals surface area contributed by atoms with Gasteiger partial charge in [0.25, 0.3) is 0 Å².